The quantitative estimate of drug-likeness (QED) is 0.694. The number of nitrogens with one attached hydrogen (secondary N) is 1. The van der Waals surface area contributed by atoms with Gasteiger partial charge in [0.2, 0.25) is 0 Å². The second-order valence-corrected chi connectivity index (χ2v) is 7.17. The average Bonchev–Trinajstić information content (AvgIpc) is 2.82. The summed E-state index contributed by atoms with van der Waals surface area (Å²) in [7, 11) is 0. The molecule has 0 amide bonds. The number of benzene rings is 1. The van der Waals surface area contributed by atoms with Crippen LogP contribution in [-0.2, 0) is 12.8 Å². The van der Waals surface area contributed by atoms with Crippen LogP contribution in [0.2, 0.25) is 5.02 Å². The van der Waals surface area contributed by atoms with Crippen LogP contribution < -0.4 is 5.32 Å². The molecule has 0 saturated heterocycles. The third kappa shape index (κ3) is 4.88. The molecule has 0 radical (unpaired) electrons. The SMILES string of the molecule is CCCNC(Cc1cccc(Cl)c1)Cc1sccc1Br. The van der Waals surface area contributed by atoms with Crippen molar-refractivity contribution in [1.29, 1.82) is 0 Å². The zero-order chi connectivity index (χ0) is 14.4. The van der Waals surface area contributed by atoms with Crippen molar-refractivity contribution in [1.82, 2.24) is 5.32 Å². The standard InChI is InChI=1S/C16H19BrClNS/c1-2-7-19-14(11-16-15(17)6-8-20-16)10-12-4-3-5-13(18)9-12/h3-6,8-9,14,19H,2,7,10-11H2,1H3. The average molecular weight is 373 g/mol. The molecule has 20 heavy (non-hydrogen) atoms. The molecule has 0 fully saturated rings. The van der Waals surface area contributed by atoms with E-state index in [0.717, 1.165) is 30.8 Å². The molecular weight excluding hydrogens is 354 g/mol. The van der Waals surface area contributed by atoms with Crippen LogP contribution in [-0.4, -0.2) is 12.6 Å². The van der Waals surface area contributed by atoms with Crippen molar-refractivity contribution in [2.24, 2.45) is 0 Å². The van der Waals surface area contributed by atoms with E-state index in [1.165, 1.54) is 14.9 Å². The van der Waals surface area contributed by atoms with E-state index < -0.39 is 0 Å². The predicted molar refractivity (Wildman–Crippen MR) is 93.0 cm³/mol. The predicted octanol–water partition coefficient (Wildman–Crippen LogP) is 5.32. The van der Waals surface area contributed by atoms with Gasteiger partial charge in [0.15, 0.2) is 0 Å². The highest BCUT2D eigenvalue weighted by Crippen LogP contribution is 2.25. The minimum atomic E-state index is 0.448. The first-order valence-electron chi connectivity index (χ1n) is 6.88. The van der Waals surface area contributed by atoms with E-state index in [2.05, 4.69) is 51.7 Å². The minimum absolute atomic E-state index is 0.448. The fourth-order valence-electron chi connectivity index (χ4n) is 2.21. The molecule has 1 N–H and O–H groups in total. The molecule has 1 aromatic carbocycles. The summed E-state index contributed by atoms with van der Waals surface area (Å²) in [5.74, 6) is 0. The van der Waals surface area contributed by atoms with Crippen LogP contribution in [0.1, 0.15) is 23.8 Å². The lowest BCUT2D eigenvalue weighted by atomic mass is 10.0. The molecule has 1 heterocycles. The van der Waals surface area contributed by atoms with E-state index in [-0.39, 0.29) is 0 Å². The molecule has 0 aliphatic heterocycles. The lowest BCUT2D eigenvalue weighted by molar-refractivity contribution is 0.507. The van der Waals surface area contributed by atoms with Gasteiger partial charge in [0.25, 0.3) is 0 Å². The Morgan fingerprint density at radius 2 is 2.15 bits per heavy atom. The van der Waals surface area contributed by atoms with Gasteiger partial charge in [0, 0.05) is 20.4 Å². The van der Waals surface area contributed by atoms with Gasteiger partial charge < -0.3 is 5.32 Å². The normalized spacial score (nSPS) is 12.6. The van der Waals surface area contributed by atoms with Crippen molar-refractivity contribution in [2.75, 3.05) is 6.54 Å². The van der Waals surface area contributed by atoms with Crippen molar-refractivity contribution >= 4 is 38.9 Å². The zero-order valence-electron chi connectivity index (χ0n) is 11.5. The summed E-state index contributed by atoms with van der Waals surface area (Å²) in [5, 5.41) is 6.59. The summed E-state index contributed by atoms with van der Waals surface area (Å²) in [6.45, 7) is 3.25. The van der Waals surface area contributed by atoms with Crippen molar-refractivity contribution in [3.63, 3.8) is 0 Å². The fraction of sp³-hybridized carbons (Fsp3) is 0.375. The maximum Gasteiger partial charge on any atom is 0.0408 e. The molecule has 4 heteroatoms. The van der Waals surface area contributed by atoms with E-state index in [4.69, 9.17) is 11.6 Å². The number of hydrogen-bond donors (Lipinski definition) is 1. The maximum absolute atomic E-state index is 6.07. The summed E-state index contributed by atoms with van der Waals surface area (Å²) in [5.41, 5.74) is 1.29. The van der Waals surface area contributed by atoms with Gasteiger partial charge in [0.1, 0.15) is 0 Å². The van der Waals surface area contributed by atoms with Crippen molar-refractivity contribution < 1.29 is 0 Å². The molecule has 1 nitrogen and oxygen atoms in total. The van der Waals surface area contributed by atoms with Crippen LogP contribution in [0.15, 0.2) is 40.2 Å². The number of hydrogen-bond acceptors (Lipinski definition) is 2. The molecule has 0 saturated carbocycles. The Kier molecular flexibility index (Phi) is 6.56. The molecule has 0 bridgehead atoms. The van der Waals surface area contributed by atoms with Gasteiger partial charge in [-0.25, -0.2) is 0 Å². The molecule has 2 aromatic rings. The topological polar surface area (TPSA) is 12.0 Å². The first-order valence-corrected chi connectivity index (χ1v) is 8.93. The fourth-order valence-corrected chi connectivity index (χ4v) is 4.02. The monoisotopic (exact) mass is 371 g/mol. The summed E-state index contributed by atoms with van der Waals surface area (Å²) in [4.78, 5) is 1.40. The van der Waals surface area contributed by atoms with Crippen LogP contribution in [0.4, 0.5) is 0 Å². The lowest BCUT2D eigenvalue weighted by Crippen LogP contribution is -2.33. The van der Waals surface area contributed by atoms with Gasteiger partial charge in [-0.05, 0) is 70.9 Å². The highest BCUT2D eigenvalue weighted by Gasteiger charge is 2.13. The van der Waals surface area contributed by atoms with Gasteiger partial charge in [-0.1, -0.05) is 30.7 Å². The third-order valence-electron chi connectivity index (χ3n) is 3.18. The molecule has 2 rings (SSSR count). The highest BCUT2D eigenvalue weighted by atomic mass is 79.9. The molecule has 0 aliphatic carbocycles. The van der Waals surface area contributed by atoms with Crippen LogP contribution in [0.5, 0.6) is 0 Å². The minimum Gasteiger partial charge on any atom is -0.313 e. The van der Waals surface area contributed by atoms with Gasteiger partial charge in [-0.15, -0.1) is 11.3 Å². The Balaban J connectivity index is 2.05. The second-order valence-electron chi connectivity index (χ2n) is 4.88. The lowest BCUT2D eigenvalue weighted by Gasteiger charge is -2.18. The van der Waals surface area contributed by atoms with E-state index in [9.17, 15) is 0 Å². The Morgan fingerprint density at radius 1 is 1.30 bits per heavy atom. The summed E-state index contributed by atoms with van der Waals surface area (Å²) in [6, 6.07) is 10.7. The molecular formula is C16H19BrClNS. The van der Waals surface area contributed by atoms with Crippen molar-refractivity contribution in [3.8, 4) is 0 Å². The summed E-state index contributed by atoms with van der Waals surface area (Å²) >= 11 is 11.5. The number of rotatable bonds is 7. The Labute approximate surface area is 138 Å². The second kappa shape index (κ2) is 8.18. The zero-order valence-corrected chi connectivity index (χ0v) is 14.7. The van der Waals surface area contributed by atoms with Crippen LogP contribution in [0.3, 0.4) is 0 Å². The van der Waals surface area contributed by atoms with E-state index >= 15 is 0 Å². The van der Waals surface area contributed by atoms with E-state index in [0.29, 0.717) is 6.04 Å². The van der Waals surface area contributed by atoms with Gasteiger partial charge in [-0.3, -0.25) is 0 Å². The van der Waals surface area contributed by atoms with Crippen molar-refractivity contribution in [3.05, 3.63) is 55.6 Å². The largest absolute Gasteiger partial charge is 0.313 e. The summed E-state index contributed by atoms with van der Waals surface area (Å²) in [6.07, 6.45) is 3.20. The molecule has 1 unspecified atom stereocenters. The highest BCUT2D eigenvalue weighted by molar-refractivity contribution is 9.10. The van der Waals surface area contributed by atoms with E-state index in [1.54, 1.807) is 0 Å². The molecule has 0 aliphatic rings. The van der Waals surface area contributed by atoms with E-state index in [1.807, 2.05) is 23.5 Å². The Bertz CT molecular complexity index is 541. The van der Waals surface area contributed by atoms with Gasteiger partial charge >= 0.3 is 0 Å². The Morgan fingerprint density at radius 3 is 2.80 bits per heavy atom. The Hall–Kier alpha value is -0.350. The van der Waals surface area contributed by atoms with Crippen molar-refractivity contribution in [2.45, 2.75) is 32.2 Å². The van der Waals surface area contributed by atoms with Gasteiger partial charge in [0.05, 0.1) is 0 Å². The summed E-state index contributed by atoms with van der Waals surface area (Å²) < 4.78 is 1.22. The van der Waals surface area contributed by atoms with Gasteiger partial charge in [-0.2, -0.15) is 0 Å². The number of halogens is 2. The molecule has 1 atom stereocenters. The van der Waals surface area contributed by atoms with Crippen LogP contribution >= 0.6 is 38.9 Å². The van der Waals surface area contributed by atoms with Crippen LogP contribution in [0, 0.1) is 0 Å². The molecule has 1 aromatic heterocycles. The smallest absolute Gasteiger partial charge is 0.0408 e. The molecule has 0 spiro atoms. The first-order chi connectivity index (χ1) is 9.69. The van der Waals surface area contributed by atoms with Crippen LogP contribution in [0.25, 0.3) is 0 Å². The number of thiophene rings is 1. The maximum atomic E-state index is 6.07. The third-order valence-corrected chi connectivity index (χ3v) is 5.36. The molecule has 108 valence electrons. The first kappa shape index (κ1) is 16.0.